The monoisotopic (exact) mass is 628 g/mol. The molecule has 2 amide bonds. The van der Waals surface area contributed by atoms with Gasteiger partial charge >= 0.3 is 6.18 Å². The third-order valence-corrected chi connectivity index (χ3v) is 9.45. The van der Waals surface area contributed by atoms with E-state index >= 15 is 4.39 Å². The van der Waals surface area contributed by atoms with Crippen molar-refractivity contribution in [2.45, 2.75) is 57.7 Å². The van der Waals surface area contributed by atoms with Crippen molar-refractivity contribution >= 4 is 17.5 Å². The highest BCUT2D eigenvalue weighted by molar-refractivity contribution is 6.10. The summed E-state index contributed by atoms with van der Waals surface area (Å²) in [5, 5.41) is 7.71. The normalized spacial score (nSPS) is 20.8. The van der Waals surface area contributed by atoms with Gasteiger partial charge in [0.15, 0.2) is 12.0 Å². The second-order valence-corrected chi connectivity index (χ2v) is 12.7. The van der Waals surface area contributed by atoms with Gasteiger partial charge in [-0.2, -0.15) is 13.2 Å². The fourth-order valence-electron chi connectivity index (χ4n) is 6.75. The summed E-state index contributed by atoms with van der Waals surface area (Å²) in [4.78, 5) is 31.0. The molecular formula is C32H36F4N6O3. The molecule has 6 rings (SSSR count). The molecule has 240 valence electrons. The van der Waals surface area contributed by atoms with Crippen LogP contribution in [0.2, 0.25) is 0 Å². The average Bonchev–Trinajstić information content (AvgIpc) is 3.54. The molecule has 2 saturated heterocycles. The summed E-state index contributed by atoms with van der Waals surface area (Å²) in [7, 11) is 1.65. The molecule has 0 radical (unpaired) electrons. The summed E-state index contributed by atoms with van der Waals surface area (Å²) in [5.41, 5.74) is -0.644. The summed E-state index contributed by atoms with van der Waals surface area (Å²) >= 11 is 0. The number of rotatable bonds is 7. The number of alkyl halides is 4. The van der Waals surface area contributed by atoms with Gasteiger partial charge in [0.25, 0.3) is 5.91 Å². The number of anilines is 1. The van der Waals surface area contributed by atoms with Crippen LogP contribution in [-0.4, -0.2) is 75.3 Å². The highest BCUT2D eigenvalue weighted by Gasteiger charge is 2.51. The Morgan fingerprint density at radius 3 is 2.51 bits per heavy atom. The largest absolute Gasteiger partial charge is 0.416 e. The number of amides is 2. The van der Waals surface area contributed by atoms with E-state index in [1.165, 1.54) is 22.7 Å². The van der Waals surface area contributed by atoms with Gasteiger partial charge < -0.3 is 19.1 Å². The third kappa shape index (κ3) is 5.50. The van der Waals surface area contributed by atoms with Crippen LogP contribution in [0.25, 0.3) is 0 Å². The van der Waals surface area contributed by atoms with Crippen LogP contribution in [0.3, 0.4) is 0 Å². The standard InChI is InChI=1S/C32H36F4N6O3/c1-19(2)27-15-40(20(3)43)8-9-41(27)13-21-10-24-25(26(11-21)32(34,35)36)14-42(30(24)44)23-7-5-6-22(12-23)31(16-45-17-31)28(33)29-38-37-18-39(29)4/h5-7,10-12,18-19,27-28H,8-9,13-17H2,1-4H3/t27-,28+/m1/s1. The second-order valence-electron chi connectivity index (χ2n) is 12.7. The zero-order valence-electron chi connectivity index (χ0n) is 25.6. The molecule has 0 spiro atoms. The van der Waals surface area contributed by atoms with E-state index in [1.807, 2.05) is 13.8 Å². The molecule has 0 unspecified atom stereocenters. The molecule has 0 bridgehead atoms. The SMILES string of the molecule is CC(=O)N1CCN(Cc2cc3c(c(C(F)(F)F)c2)CN(c2cccc(C4([C@@H](F)c5nncn5C)COC4)c2)C3=O)[C@@H](C(C)C)C1. The minimum absolute atomic E-state index is 0.0119. The number of halogens is 4. The van der Waals surface area contributed by atoms with Crippen LogP contribution in [0, 0.1) is 5.92 Å². The number of fused-ring (bicyclic) bond motifs is 1. The topological polar surface area (TPSA) is 83.8 Å². The Bertz CT molecular complexity index is 1620. The quantitative estimate of drug-likeness (QED) is 0.354. The molecule has 0 aliphatic carbocycles. The predicted octanol–water partition coefficient (Wildman–Crippen LogP) is 4.66. The number of hydrogen-bond donors (Lipinski definition) is 0. The van der Waals surface area contributed by atoms with Gasteiger partial charge in [-0.1, -0.05) is 26.0 Å². The lowest BCUT2D eigenvalue weighted by molar-refractivity contribution is -0.138. The summed E-state index contributed by atoms with van der Waals surface area (Å²) in [6.07, 6.45) is -4.81. The summed E-state index contributed by atoms with van der Waals surface area (Å²) in [5.74, 6) is -0.271. The van der Waals surface area contributed by atoms with Crippen LogP contribution >= 0.6 is 0 Å². The summed E-state index contributed by atoms with van der Waals surface area (Å²) in [6, 6.07) is 9.39. The number of benzene rings is 2. The smallest absolute Gasteiger partial charge is 0.379 e. The molecule has 3 aliphatic rings. The zero-order valence-corrected chi connectivity index (χ0v) is 25.6. The number of piperazine rings is 1. The van der Waals surface area contributed by atoms with E-state index in [4.69, 9.17) is 4.74 Å². The highest BCUT2D eigenvalue weighted by Crippen LogP contribution is 2.47. The Hall–Kier alpha value is -3.84. The van der Waals surface area contributed by atoms with Gasteiger partial charge in [-0.3, -0.25) is 14.5 Å². The molecule has 9 nitrogen and oxygen atoms in total. The molecule has 2 aromatic carbocycles. The van der Waals surface area contributed by atoms with E-state index in [0.29, 0.717) is 36.4 Å². The Balaban J connectivity index is 1.31. The van der Waals surface area contributed by atoms with Gasteiger partial charge in [-0.25, -0.2) is 4.39 Å². The highest BCUT2D eigenvalue weighted by atomic mass is 19.4. The number of aryl methyl sites for hydroxylation is 1. The minimum atomic E-state index is -4.67. The molecule has 2 atom stereocenters. The van der Waals surface area contributed by atoms with Crippen LogP contribution in [0.1, 0.15) is 65.4 Å². The lowest BCUT2D eigenvalue weighted by Gasteiger charge is -2.43. The predicted molar refractivity (Wildman–Crippen MR) is 157 cm³/mol. The third-order valence-electron chi connectivity index (χ3n) is 9.45. The van der Waals surface area contributed by atoms with E-state index in [2.05, 4.69) is 15.1 Å². The Morgan fingerprint density at radius 2 is 1.91 bits per heavy atom. The first kappa shape index (κ1) is 31.2. The number of carbonyl (C=O) groups is 2. The first-order chi connectivity index (χ1) is 21.3. The number of aromatic nitrogens is 3. The number of nitrogens with zero attached hydrogens (tertiary/aromatic N) is 6. The lowest BCUT2D eigenvalue weighted by Crippen LogP contribution is -2.55. The van der Waals surface area contributed by atoms with Gasteiger partial charge in [0, 0.05) is 57.4 Å². The first-order valence-electron chi connectivity index (χ1n) is 15.0. The lowest BCUT2D eigenvalue weighted by atomic mass is 9.74. The average molecular weight is 629 g/mol. The van der Waals surface area contributed by atoms with Crippen molar-refractivity contribution < 1.29 is 31.9 Å². The molecule has 3 aliphatic heterocycles. The molecule has 2 fully saturated rings. The Labute approximate surface area is 258 Å². The van der Waals surface area contributed by atoms with Crippen molar-refractivity contribution in [3.63, 3.8) is 0 Å². The van der Waals surface area contributed by atoms with E-state index in [-0.39, 0.29) is 61.1 Å². The maximum Gasteiger partial charge on any atom is 0.416 e. The molecule has 1 aromatic heterocycles. The van der Waals surface area contributed by atoms with Gasteiger partial charge in [-0.15, -0.1) is 10.2 Å². The summed E-state index contributed by atoms with van der Waals surface area (Å²) < 4.78 is 66.3. The molecule has 4 heterocycles. The molecule has 13 heteroatoms. The Morgan fingerprint density at radius 1 is 1.16 bits per heavy atom. The van der Waals surface area contributed by atoms with Crippen LogP contribution < -0.4 is 4.90 Å². The molecule has 3 aromatic rings. The number of carbonyl (C=O) groups excluding carboxylic acids is 2. The van der Waals surface area contributed by atoms with Crippen LogP contribution in [0.15, 0.2) is 42.7 Å². The molecule has 0 saturated carbocycles. The van der Waals surface area contributed by atoms with Crippen molar-refractivity contribution in [3.05, 3.63) is 76.4 Å². The van der Waals surface area contributed by atoms with Gasteiger partial charge in [0.2, 0.25) is 5.91 Å². The number of hydrogen-bond acceptors (Lipinski definition) is 6. The van der Waals surface area contributed by atoms with Crippen molar-refractivity contribution in [1.29, 1.82) is 0 Å². The van der Waals surface area contributed by atoms with Crippen molar-refractivity contribution in [2.24, 2.45) is 13.0 Å². The van der Waals surface area contributed by atoms with Crippen molar-refractivity contribution in [2.75, 3.05) is 37.7 Å². The fourth-order valence-corrected chi connectivity index (χ4v) is 6.75. The van der Waals surface area contributed by atoms with E-state index in [9.17, 15) is 22.8 Å². The molecule has 45 heavy (non-hydrogen) atoms. The van der Waals surface area contributed by atoms with E-state index in [0.717, 1.165) is 6.07 Å². The maximum atomic E-state index is 15.9. The summed E-state index contributed by atoms with van der Waals surface area (Å²) in [6.45, 7) is 7.19. The maximum absolute atomic E-state index is 15.9. The fraction of sp³-hybridized carbons (Fsp3) is 0.500. The second kappa shape index (κ2) is 11.5. The zero-order chi connectivity index (χ0) is 32.3. The van der Waals surface area contributed by atoms with Gasteiger partial charge in [0.1, 0.15) is 6.33 Å². The van der Waals surface area contributed by atoms with Crippen molar-refractivity contribution in [1.82, 2.24) is 24.6 Å². The minimum Gasteiger partial charge on any atom is -0.379 e. The van der Waals surface area contributed by atoms with E-state index < -0.39 is 29.2 Å². The molecular weight excluding hydrogens is 592 g/mol. The van der Waals surface area contributed by atoms with Gasteiger partial charge in [0.05, 0.1) is 30.7 Å². The van der Waals surface area contributed by atoms with Crippen LogP contribution in [0.4, 0.5) is 23.2 Å². The Kier molecular flexibility index (Phi) is 7.97. The van der Waals surface area contributed by atoms with Crippen molar-refractivity contribution in [3.8, 4) is 0 Å². The van der Waals surface area contributed by atoms with Crippen LogP contribution in [-0.2, 0) is 41.3 Å². The van der Waals surface area contributed by atoms with E-state index in [1.54, 1.807) is 42.3 Å². The number of ether oxygens (including phenoxy) is 1. The molecule has 0 N–H and O–H groups in total. The van der Waals surface area contributed by atoms with Crippen LogP contribution in [0.5, 0.6) is 0 Å². The van der Waals surface area contributed by atoms with Gasteiger partial charge in [-0.05, 0) is 46.9 Å². The first-order valence-corrected chi connectivity index (χ1v) is 15.0.